The van der Waals surface area contributed by atoms with Crippen LogP contribution in [0.4, 0.5) is 0 Å². The Morgan fingerprint density at radius 2 is 2.31 bits per heavy atom. The third kappa shape index (κ3) is 3.48. The van der Waals surface area contributed by atoms with Crippen LogP contribution in [0, 0.1) is 5.92 Å². The van der Waals surface area contributed by atoms with Gasteiger partial charge in [0.05, 0.1) is 6.61 Å². The molecule has 16 heavy (non-hydrogen) atoms. The lowest BCUT2D eigenvalue weighted by molar-refractivity contribution is -0.146. The van der Waals surface area contributed by atoms with E-state index in [1.54, 1.807) is 0 Å². The standard InChI is InChI=1S/C11H19NO4/c1-8(2)7-16-6-5-12-9(11(14)15)3-4-10(12)13/h8-9H,3-7H2,1-2H3,(H,14,15). The molecule has 1 fully saturated rings. The average Bonchev–Trinajstić information content (AvgIpc) is 2.54. The Kier molecular flexibility index (Phi) is 4.73. The predicted molar refractivity (Wildman–Crippen MR) is 58.0 cm³/mol. The van der Waals surface area contributed by atoms with Gasteiger partial charge in [0.25, 0.3) is 0 Å². The summed E-state index contributed by atoms with van der Waals surface area (Å²) in [4.78, 5) is 23.7. The lowest BCUT2D eigenvalue weighted by atomic mass is 10.2. The molecule has 0 spiro atoms. The minimum atomic E-state index is -0.922. The summed E-state index contributed by atoms with van der Waals surface area (Å²) in [5.41, 5.74) is 0. The van der Waals surface area contributed by atoms with Crippen molar-refractivity contribution in [2.75, 3.05) is 19.8 Å². The number of rotatable bonds is 6. The molecule has 0 aromatic rings. The van der Waals surface area contributed by atoms with E-state index in [1.165, 1.54) is 4.90 Å². The van der Waals surface area contributed by atoms with Gasteiger partial charge in [-0.3, -0.25) is 4.79 Å². The second kappa shape index (κ2) is 5.84. The second-order valence-corrected chi connectivity index (χ2v) is 4.45. The van der Waals surface area contributed by atoms with Crippen LogP contribution >= 0.6 is 0 Å². The molecule has 0 bridgehead atoms. The highest BCUT2D eigenvalue weighted by Gasteiger charge is 2.35. The van der Waals surface area contributed by atoms with Gasteiger partial charge in [-0.25, -0.2) is 4.79 Å². The van der Waals surface area contributed by atoms with E-state index in [0.29, 0.717) is 38.5 Å². The monoisotopic (exact) mass is 229 g/mol. The molecule has 1 saturated heterocycles. The number of ether oxygens (including phenoxy) is 1. The molecule has 0 aromatic heterocycles. The fourth-order valence-corrected chi connectivity index (χ4v) is 1.75. The SMILES string of the molecule is CC(C)COCCN1C(=O)CCC1C(=O)O. The first kappa shape index (κ1) is 13.0. The minimum absolute atomic E-state index is 0.0828. The van der Waals surface area contributed by atoms with E-state index in [0.717, 1.165) is 0 Å². The third-order valence-corrected chi connectivity index (χ3v) is 2.54. The summed E-state index contributed by atoms with van der Waals surface area (Å²) in [6.07, 6.45) is 0.749. The van der Waals surface area contributed by atoms with Crippen molar-refractivity contribution < 1.29 is 19.4 Å². The highest BCUT2D eigenvalue weighted by Crippen LogP contribution is 2.18. The molecular formula is C11H19NO4. The highest BCUT2D eigenvalue weighted by atomic mass is 16.5. The summed E-state index contributed by atoms with van der Waals surface area (Å²) in [7, 11) is 0. The number of amides is 1. The Bertz CT molecular complexity index is 265. The molecule has 1 heterocycles. The van der Waals surface area contributed by atoms with Gasteiger partial charge in [0, 0.05) is 19.6 Å². The normalized spacial score (nSPS) is 20.8. The van der Waals surface area contributed by atoms with Crippen LogP contribution in [0.3, 0.4) is 0 Å². The van der Waals surface area contributed by atoms with Gasteiger partial charge >= 0.3 is 5.97 Å². The summed E-state index contributed by atoms with van der Waals surface area (Å²) in [5, 5.41) is 8.91. The molecular weight excluding hydrogens is 210 g/mol. The molecule has 5 heteroatoms. The maximum absolute atomic E-state index is 11.4. The van der Waals surface area contributed by atoms with E-state index in [1.807, 2.05) is 13.8 Å². The number of nitrogens with zero attached hydrogens (tertiary/aromatic N) is 1. The van der Waals surface area contributed by atoms with Crippen LogP contribution in [0.2, 0.25) is 0 Å². The first-order valence-electron chi connectivity index (χ1n) is 5.62. The number of likely N-dealkylation sites (tertiary alicyclic amines) is 1. The number of carboxylic acids is 1. The van der Waals surface area contributed by atoms with Crippen molar-refractivity contribution in [2.45, 2.75) is 32.7 Å². The van der Waals surface area contributed by atoms with Crippen LogP contribution in [0.5, 0.6) is 0 Å². The van der Waals surface area contributed by atoms with Gasteiger partial charge in [0.2, 0.25) is 5.91 Å². The van der Waals surface area contributed by atoms with Gasteiger partial charge in [-0.2, -0.15) is 0 Å². The van der Waals surface area contributed by atoms with Gasteiger partial charge in [-0.05, 0) is 12.3 Å². The molecule has 1 aliphatic rings. The second-order valence-electron chi connectivity index (χ2n) is 4.45. The fraction of sp³-hybridized carbons (Fsp3) is 0.818. The topological polar surface area (TPSA) is 66.8 Å². The van der Waals surface area contributed by atoms with Crippen LogP contribution < -0.4 is 0 Å². The van der Waals surface area contributed by atoms with Crippen LogP contribution in [-0.2, 0) is 14.3 Å². The first-order chi connectivity index (χ1) is 7.52. The molecule has 0 aliphatic carbocycles. The molecule has 1 amide bonds. The fourth-order valence-electron chi connectivity index (χ4n) is 1.75. The van der Waals surface area contributed by atoms with Crippen molar-refractivity contribution in [3.63, 3.8) is 0 Å². The van der Waals surface area contributed by atoms with E-state index >= 15 is 0 Å². The van der Waals surface area contributed by atoms with Crippen LogP contribution in [0.15, 0.2) is 0 Å². The molecule has 0 aromatic carbocycles. The molecule has 1 atom stereocenters. The quantitative estimate of drug-likeness (QED) is 0.682. The Labute approximate surface area is 95.4 Å². The molecule has 1 unspecified atom stereocenters. The van der Waals surface area contributed by atoms with Gasteiger partial charge in [-0.1, -0.05) is 13.8 Å². The smallest absolute Gasteiger partial charge is 0.326 e. The zero-order valence-electron chi connectivity index (χ0n) is 9.81. The summed E-state index contributed by atoms with van der Waals surface area (Å²) in [5.74, 6) is -0.556. The Balaban J connectivity index is 2.33. The number of carboxylic acid groups (broad SMARTS) is 1. The first-order valence-corrected chi connectivity index (χ1v) is 5.62. The molecule has 1 aliphatic heterocycles. The van der Waals surface area contributed by atoms with Crippen LogP contribution in [-0.4, -0.2) is 47.7 Å². The lowest BCUT2D eigenvalue weighted by Crippen LogP contribution is -2.40. The van der Waals surface area contributed by atoms with E-state index in [-0.39, 0.29) is 5.91 Å². The van der Waals surface area contributed by atoms with Crippen molar-refractivity contribution in [3.8, 4) is 0 Å². The molecule has 0 radical (unpaired) electrons. The maximum atomic E-state index is 11.4. The highest BCUT2D eigenvalue weighted by molar-refractivity contribution is 5.87. The molecule has 1 N–H and O–H groups in total. The maximum Gasteiger partial charge on any atom is 0.326 e. The summed E-state index contributed by atoms with van der Waals surface area (Å²) < 4.78 is 5.35. The van der Waals surface area contributed by atoms with Crippen molar-refractivity contribution >= 4 is 11.9 Å². The van der Waals surface area contributed by atoms with E-state index in [4.69, 9.17) is 9.84 Å². The zero-order valence-corrected chi connectivity index (χ0v) is 9.81. The molecule has 1 rings (SSSR count). The third-order valence-electron chi connectivity index (χ3n) is 2.54. The number of hydrogen-bond donors (Lipinski definition) is 1. The van der Waals surface area contributed by atoms with Crippen molar-refractivity contribution in [1.82, 2.24) is 4.90 Å². The lowest BCUT2D eigenvalue weighted by Gasteiger charge is -2.21. The number of hydrogen-bond acceptors (Lipinski definition) is 3. The summed E-state index contributed by atoms with van der Waals surface area (Å²) in [6.45, 7) is 5.51. The Morgan fingerprint density at radius 3 is 2.88 bits per heavy atom. The number of aliphatic carboxylic acids is 1. The molecule has 92 valence electrons. The minimum Gasteiger partial charge on any atom is -0.480 e. The van der Waals surface area contributed by atoms with Crippen molar-refractivity contribution in [2.24, 2.45) is 5.92 Å². The number of carbonyl (C=O) groups excluding carboxylic acids is 1. The summed E-state index contributed by atoms with van der Waals surface area (Å²) in [6, 6.07) is -0.657. The van der Waals surface area contributed by atoms with Gasteiger partial charge in [0.1, 0.15) is 6.04 Å². The van der Waals surface area contributed by atoms with E-state index in [2.05, 4.69) is 0 Å². The molecule has 5 nitrogen and oxygen atoms in total. The van der Waals surface area contributed by atoms with Gasteiger partial charge < -0.3 is 14.7 Å². The van der Waals surface area contributed by atoms with Gasteiger partial charge in [-0.15, -0.1) is 0 Å². The number of carbonyl (C=O) groups is 2. The van der Waals surface area contributed by atoms with Crippen molar-refractivity contribution in [1.29, 1.82) is 0 Å². The Hall–Kier alpha value is -1.10. The largest absolute Gasteiger partial charge is 0.480 e. The van der Waals surface area contributed by atoms with E-state index < -0.39 is 12.0 Å². The molecule has 0 saturated carbocycles. The summed E-state index contributed by atoms with van der Waals surface area (Å²) >= 11 is 0. The van der Waals surface area contributed by atoms with Crippen molar-refractivity contribution in [3.05, 3.63) is 0 Å². The zero-order chi connectivity index (χ0) is 12.1. The average molecular weight is 229 g/mol. The van der Waals surface area contributed by atoms with Crippen LogP contribution in [0.1, 0.15) is 26.7 Å². The van der Waals surface area contributed by atoms with Crippen LogP contribution in [0.25, 0.3) is 0 Å². The van der Waals surface area contributed by atoms with E-state index in [9.17, 15) is 9.59 Å². The van der Waals surface area contributed by atoms with Gasteiger partial charge in [0.15, 0.2) is 0 Å². The Morgan fingerprint density at radius 1 is 1.62 bits per heavy atom. The predicted octanol–water partition coefficient (Wildman–Crippen LogP) is 0.735.